The highest BCUT2D eigenvalue weighted by Gasteiger charge is 2.21. The minimum atomic E-state index is 0.693. The summed E-state index contributed by atoms with van der Waals surface area (Å²) in [5.74, 6) is 0.970. The Kier molecular flexibility index (Phi) is 6.92. The summed E-state index contributed by atoms with van der Waals surface area (Å²) in [7, 11) is 4.30. The van der Waals surface area contributed by atoms with Crippen LogP contribution in [-0.2, 0) is 0 Å². The normalized spacial score (nSPS) is 15.0. The van der Waals surface area contributed by atoms with Crippen LogP contribution in [0.5, 0.6) is 5.75 Å². The summed E-state index contributed by atoms with van der Waals surface area (Å²) in [6, 6.07) is 8.27. The summed E-state index contributed by atoms with van der Waals surface area (Å²) in [6.07, 6.45) is 0. The number of quaternary nitrogens is 1. The Morgan fingerprint density at radius 3 is 2.57 bits per heavy atom. The monoisotopic (exact) mass is 337 g/mol. The molecule has 1 aromatic carbocycles. The zero-order valence-corrected chi connectivity index (χ0v) is 15.3. The van der Waals surface area contributed by atoms with Crippen LogP contribution in [0.25, 0.3) is 0 Å². The predicted octanol–water partition coefficient (Wildman–Crippen LogP) is 0.226. The van der Waals surface area contributed by atoms with Crippen LogP contribution in [0.1, 0.15) is 6.92 Å². The molecule has 23 heavy (non-hydrogen) atoms. The summed E-state index contributed by atoms with van der Waals surface area (Å²) in [5, 5.41) is 4.24. The maximum Gasteiger partial charge on any atom is 0.169 e. The van der Waals surface area contributed by atoms with Crippen LogP contribution in [0.2, 0.25) is 0 Å². The summed E-state index contributed by atoms with van der Waals surface area (Å²) in [5.41, 5.74) is 1.18. The number of nitrogens with zero attached hydrogens (tertiary/aromatic N) is 2. The molecular formula is C17H29N4OS+. The smallest absolute Gasteiger partial charge is 0.169 e. The topological polar surface area (TPSA) is 32.2 Å². The van der Waals surface area contributed by atoms with Gasteiger partial charge >= 0.3 is 0 Å². The third kappa shape index (κ3) is 5.25. The first-order valence-electron chi connectivity index (χ1n) is 8.40. The number of anilines is 1. The second-order valence-corrected chi connectivity index (χ2v) is 6.45. The van der Waals surface area contributed by atoms with E-state index in [-0.39, 0.29) is 0 Å². The molecule has 1 aromatic rings. The number of hydrogen-bond donors (Lipinski definition) is 2. The Morgan fingerprint density at radius 1 is 1.22 bits per heavy atom. The van der Waals surface area contributed by atoms with Gasteiger partial charge < -0.3 is 24.8 Å². The van der Waals surface area contributed by atoms with Gasteiger partial charge in [-0.25, -0.2) is 0 Å². The van der Waals surface area contributed by atoms with Crippen molar-refractivity contribution in [2.45, 2.75) is 6.92 Å². The molecule has 0 aromatic heterocycles. The van der Waals surface area contributed by atoms with Gasteiger partial charge in [0.1, 0.15) is 5.75 Å². The maximum atomic E-state index is 5.74. The molecule has 0 radical (unpaired) electrons. The van der Waals surface area contributed by atoms with Crippen LogP contribution in [0.4, 0.5) is 5.69 Å². The Bertz CT molecular complexity index is 501. The molecule has 0 aliphatic carbocycles. The molecule has 2 rings (SSSR count). The van der Waals surface area contributed by atoms with Gasteiger partial charge in [-0.2, -0.15) is 0 Å². The van der Waals surface area contributed by atoms with E-state index >= 15 is 0 Å². The fraction of sp³-hybridized carbons (Fsp3) is 0.588. The highest BCUT2D eigenvalue weighted by molar-refractivity contribution is 7.80. The number of hydrogen-bond acceptors (Lipinski definition) is 3. The van der Waals surface area contributed by atoms with Crippen molar-refractivity contribution < 1.29 is 9.64 Å². The molecule has 0 bridgehead atoms. The summed E-state index contributed by atoms with van der Waals surface area (Å²) < 4.78 is 5.74. The average Bonchev–Trinajstić information content (AvgIpc) is 2.55. The third-order valence-corrected chi connectivity index (χ3v) is 4.38. The summed E-state index contributed by atoms with van der Waals surface area (Å²) in [4.78, 5) is 6.08. The van der Waals surface area contributed by atoms with Crippen molar-refractivity contribution in [2.75, 3.05) is 64.9 Å². The molecule has 1 heterocycles. The number of para-hydroxylation sites is 2. The van der Waals surface area contributed by atoms with Gasteiger partial charge in [-0.1, -0.05) is 12.1 Å². The number of ether oxygens (including phenoxy) is 1. The van der Waals surface area contributed by atoms with Gasteiger partial charge in [-0.05, 0) is 31.3 Å². The molecule has 1 saturated heterocycles. The summed E-state index contributed by atoms with van der Waals surface area (Å²) in [6.45, 7) is 8.53. The number of rotatable bonds is 6. The van der Waals surface area contributed by atoms with Gasteiger partial charge in [-0.3, -0.25) is 0 Å². The van der Waals surface area contributed by atoms with E-state index in [1.807, 2.05) is 19.1 Å². The quantitative estimate of drug-likeness (QED) is 0.726. The highest BCUT2D eigenvalue weighted by atomic mass is 32.1. The first kappa shape index (κ1) is 17.8. The molecule has 128 valence electrons. The predicted molar refractivity (Wildman–Crippen MR) is 99.7 cm³/mol. The first-order chi connectivity index (χ1) is 11.1. The molecule has 1 aliphatic rings. The van der Waals surface area contributed by atoms with Crippen molar-refractivity contribution in [3.63, 3.8) is 0 Å². The van der Waals surface area contributed by atoms with E-state index < -0.39 is 0 Å². The summed E-state index contributed by atoms with van der Waals surface area (Å²) >= 11 is 5.51. The molecule has 6 heteroatoms. The molecule has 0 amide bonds. The van der Waals surface area contributed by atoms with E-state index in [0.717, 1.165) is 50.1 Å². The fourth-order valence-electron chi connectivity index (χ4n) is 2.68. The first-order valence-corrected chi connectivity index (χ1v) is 8.81. The van der Waals surface area contributed by atoms with Gasteiger partial charge in [0.2, 0.25) is 0 Å². The minimum absolute atomic E-state index is 0.693. The molecule has 0 unspecified atom stereocenters. The van der Waals surface area contributed by atoms with E-state index in [9.17, 15) is 0 Å². The van der Waals surface area contributed by atoms with E-state index in [4.69, 9.17) is 17.0 Å². The maximum absolute atomic E-state index is 5.74. The lowest BCUT2D eigenvalue weighted by Gasteiger charge is -2.38. The van der Waals surface area contributed by atoms with Crippen LogP contribution in [0.3, 0.4) is 0 Å². The number of likely N-dealkylation sites (N-methyl/N-ethyl adjacent to an activating group) is 1. The van der Waals surface area contributed by atoms with Crippen molar-refractivity contribution in [3.05, 3.63) is 24.3 Å². The molecule has 0 spiro atoms. The third-order valence-electron chi connectivity index (χ3n) is 3.97. The number of thiocarbonyl (C=S) groups is 1. The van der Waals surface area contributed by atoms with E-state index in [1.165, 1.54) is 10.6 Å². The van der Waals surface area contributed by atoms with Gasteiger partial charge in [0.25, 0.3) is 0 Å². The van der Waals surface area contributed by atoms with Crippen molar-refractivity contribution in [2.24, 2.45) is 0 Å². The van der Waals surface area contributed by atoms with Gasteiger partial charge in [0, 0.05) is 26.2 Å². The lowest BCUT2D eigenvalue weighted by atomic mass is 10.2. The van der Waals surface area contributed by atoms with Gasteiger partial charge in [-0.15, -0.1) is 0 Å². The lowest BCUT2D eigenvalue weighted by molar-refractivity contribution is -0.856. The molecular weight excluding hydrogens is 308 g/mol. The number of piperazine rings is 1. The average molecular weight is 338 g/mol. The Morgan fingerprint density at radius 2 is 1.91 bits per heavy atom. The number of nitrogens with one attached hydrogen (secondary N) is 2. The number of benzene rings is 1. The fourth-order valence-corrected chi connectivity index (χ4v) is 2.96. The van der Waals surface area contributed by atoms with E-state index in [0.29, 0.717) is 6.61 Å². The van der Waals surface area contributed by atoms with E-state index in [2.05, 4.69) is 41.3 Å². The van der Waals surface area contributed by atoms with Crippen LogP contribution in [0, 0.1) is 0 Å². The van der Waals surface area contributed by atoms with E-state index in [1.54, 1.807) is 0 Å². The van der Waals surface area contributed by atoms with Crippen LogP contribution in [0.15, 0.2) is 24.3 Å². The Labute approximate surface area is 145 Å². The van der Waals surface area contributed by atoms with Crippen molar-refractivity contribution in [1.82, 2.24) is 10.2 Å². The molecule has 1 fully saturated rings. The van der Waals surface area contributed by atoms with Crippen molar-refractivity contribution in [3.8, 4) is 5.75 Å². The van der Waals surface area contributed by atoms with Crippen LogP contribution >= 0.6 is 12.2 Å². The molecule has 5 nitrogen and oxygen atoms in total. The molecule has 0 atom stereocenters. The molecule has 2 N–H and O–H groups in total. The second kappa shape index (κ2) is 8.93. The lowest BCUT2D eigenvalue weighted by Crippen LogP contribution is -3.06. The molecule has 1 aliphatic heterocycles. The van der Waals surface area contributed by atoms with Gasteiger partial charge in [0.05, 0.1) is 39.5 Å². The minimum Gasteiger partial charge on any atom is -0.492 e. The highest BCUT2D eigenvalue weighted by Crippen LogP contribution is 2.28. The van der Waals surface area contributed by atoms with Crippen molar-refractivity contribution in [1.29, 1.82) is 0 Å². The Balaban J connectivity index is 1.85. The Hall–Kier alpha value is -1.53. The van der Waals surface area contributed by atoms with Crippen LogP contribution < -0.4 is 19.9 Å². The van der Waals surface area contributed by atoms with Gasteiger partial charge in [0.15, 0.2) is 5.11 Å². The largest absolute Gasteiger partial charge is 0.492 e. The standard InChI is InChI=1S/C17H28N4OS/c1-4-22-16-8-6-5-7-15(16)20-11-13-21(14-12-20)17(23)18-9-10-19(2)3/h5-8H,4,9-14H2,1-3H3,(H,18,23)/p+1. The second-order valence-electron chi connectivity index (χ2n) is 6.06. The zero-order valence-electron chi connectivity index (χ0n) is 14.5. The zero-order chi connectivity index (χ0) is 16.7. The van der Waals surface area contributed by atoms with Crippen molar-refractivity contribution >= 4 is 23.0 Å². The van der Waals surface area contributed by atoms with Crippen LogP contribution in [-0.4, -0.2) is 70.0 Å². The molecule has 0 saturated carbocycles. The SMILES string of the molecule is CCOc1ccccc1N1CCN(C(=S)NCC[NH+](C)C)CC1.